The Labute approximate surface area is 73.7 Å². The average Bonchev–Trinajstić information content (AvgIpc) is 2.39. The fourth-order valence-corrected chi connectivity index (χ4v) is 1.37. The SMILES string of the molecule is CCNC(=S)NC1CC1(C)C. The van der Waals surface area contributed by atoms with Crippen LogP contribution in [0.1, 0.15) is 27.2 Å². The molecule has 2 nitrogen and oxygen atoms in total. The quantitative estimate of drug-likeness (QED) is 0.613. The van der Waals surface area contributed by atoms with Crippen molar-refractivity contribution >= 4 is 17.3 Å². The Morgan fingerprint density at radius 2 is 2.18 bits per heavy atom. The summed E-state index contributed by atoms with van der Waals surface area (Å²) < 4.78 is 0. The normalized spacial score (nSPS) is 25.9. The monoisotopic (exact) mass is 172 g/mol. The Hall–Kier alpha value is -0.310. The number of thiocarbonyl (C=S) groups is 1. The molecule has 1 fully saturated rings. The molecule has 0 saturated heterocycles. The average molecular weight is 172 g/mol. The van der Waals surface area contributed by atoms with Gasteiger partial charge < -0.3 is 10.6 Å². The third-order valence-electron chi connectivity index (χ3n) is 2.16. The Morgan fingerprint density at radius 1 is 1.64 bits per heavy atom. The number of hydrogen-bond acceptors (Lipinski definition) is 1. The summed E-state index contributed by atoms with van der Waals surface area (Å²) in [5.41, 5.74) is 0.458. The maximum atomic E-state index is 5.05. The molecule has 1 rings (SSSR count). The first-order chi connectivity index (χ1) is 5.06. The topological polar surface area (TPSA) is 24.1 Å². The molecule has 11 heavy (non-hydrogen) atoms. The molecule has 3 heteroatoms. The summed E-state index contributed by atoms with van der Waals surface area (Å²) in [7, 11) is 0. The van der Waals surface area contributed by atoms with Crippen molar-refractivity contribution in [3.63, 3.8) is 0 Å². The second-order valence-corrected chi connectivity index (χ2v) is 4.16. The van der Waals surface area contributed by atoms with Gasteiger partial charge >= 0.3 is 0 Å². The van der Waals surface area contributed by atoms with E-state index in [-0.39, 0.29) is 0 Å². The minimum Gasteiger partial charge on any atom is -0.363 e. The molecule has 0 radical (unpaired) electrons. The number of rotatable bonds is 2. The molecule has 0 aliphatic heterocycles. The molecule has 1 atom stereocenters. The van der Waals surface area contributed by atoms with E-state index in [0.29, 0.717) is 11.5 Å². The van der Waals surface area contributed by atoms with Crippen molar-refractivity contribution in [2.75, 3.05) is 6.54 Å². The molecule has 1 saturated carbocycles. The van der Waals surface area contributed by atoms with Crippen molar-refractivity contribution < 1.29 is 0 Å². The van der Waals surface area contributed by atoms with Crippen LogP contribution in [0.5, 0.6) is 0 Å². The molecule has 1 aliphatic rings. The maximum absolute atomic E-state index is 5.05. The van der Waals surface area contributed by atoms with E-state index >= 15 is 0 Å². The van der Waals surface area contributed by atoms with Crippen LogP contribution >= 0.6 is 12.2 Å². The lowest BCUT2D eigenvalue weighted by Gasteiger charge is -2.09. The van der Waals surface area contributed by atoms with E-state index in [1.165, 1.54) is 6.42 Å². The van der Waals surface area contributed by atoms with Crippen LogP contribution in [0.4, 0.5) is 0 Å². The zero-order valence-electron chi connectivity index (χ0n) is 7.40. The molecule has 0 aromatic heterocycles. The Kier molecular flexibility index (Phi) is 2.37. The molecule has 1 unspecified atom stereocenters. The molecule has 1 aliphatic carbocycles. The van der Waals surface area contributed by atoms with E-state index in [4.69, 9.17) is 12.2 Å². The zero-order valence-corrected chi connectivity index (χ0v) is 8.22. The van der Waals surface area contributed by atoms with Crippen molar-refractivity contribution in [2.45, 2.75) is 33.2 Å². The minimum absolute atomic E-state index is 0.458. The highest BCUT2D eigenvalue weighted by Crippen LogP contribution is 2.44. The van der Waals surface area contributed by atoms with Crippen molar-refractivity contribution in [3.8, 4) is 0 Å². The van der Waals surface area contributed by atoms with E-state index in [2.05, 4.69) is 24.5 Å². The van der Waals surface area contributed by atoms with Gasteiger partial charge in [0.15, 0.2) is 5.11 Å². The van der Waals surface area contributed by atoms with Crippen LogP contribution in [-0.4, -0.2) is 17.7 Å². The lowest BCUT2D eigenvalue weighted by atomic mass is 10.2. The first kappa shape index (κ1) is 8.78. The molecular weight excluding hydrogens is 156 g/mol. The first-order valence-electron chi connectivity index (χ1n) is 4.10. The third-order valence-corrected chi connectivity index (χ3v) is 2.42. The van der Waals surface area contributed by atoms with Gasteiger partial charge in [0, 0.05) is 12.6 Å². The van der Waals surface area contributed by atoms with Gasteiger partial charge in [-0.1, -0.05) is 13.8 Å². The largest absolute Gasteiger partial charge is 0.363 e. The smallest absolute Gasteiger partial charge is 0.166 e. The van der Waals surface area contributed by atoms with Crippen molar-refractivity contribution in [3.05, 3.63) is 0 Å². The Bertz CT molecular complexity index is 165. The molecule has 64 valence electrons. The highest BCUT2D eigenvalue weighted by molar-refractivity contribution is 7.80. The highest BCUT2D eigenvalue weighted by atomic mass is 32.1. The van der Waals surface area contributed by atoms with Crippen LogP contribution in [0, 0.1) is 5.41 Å². The van der Waals surface area contributed by atoms with Gasteiger partial charge in [0.1, 0.15) is 0 Å². The first-order valence-corrected chi connectivity index (χ1v) is 4.51. The van der Waals surface area contributed by atoms with Gasteiger partial charge in [-0.15, -0.1) is 0 Å². The summed E-state index contributed by atoms with van der Waals surface area (Å²) in [6.07, 6.45) is 1.23. The summed E-state index contributed by atoms with van der Waals surface area (Å²) in [6.45, 7) is 7.45. The van der Waals surface area contributed by atoms with Gasteiger partial charge in [-0.25, -0.2) is 0 Å². The second-order valence-electron chi connectivity index (χ2n) is 3.75. The molecule has 0 amide bonds. The van der Waals surface area contributed by atoms with Crippen LogP contribution in [-0.2, 0) is 0 Å². The van der Waals surface area contributed by atoms with E-state index in [0.717, 1.165) is 11.7 Å². The fourth-order valence-electron chi connectivity index (χ4n) is 1.08. The van der Waals surface area contributed by atoms with Gasteiger partial charge in [-0.05, 0) is 31.0 Å². The van der Waals surface area contributed by atoms with Crippen LogP contribution in [0.3, 0.4) is 0 Å². The Morgan fingerprint density at radius 3 is 2.55 bits per heavy atom. The minimum atomic E-state index is 0.458. The summed E-state index contributed by atoms with van der Waals surface area (Å²) in [4.78, 5) is 0. The standard InChI is InChI=1S/C8H16N2S/c1-4-9-7(11)10-6-5-8(6,2)3/h6H,4-5H2,1-3H3,(H2,9,10,11). The lowest BCUT2D eigenvalue weighted by Crippen LogP contribution is -2.37. The van der Waals surface area contributed by atoms with Gasteiger partial charge in [0.05, 0.1) is 0 Å². The maximum Gasteiger partial charge on any atom is 0.166 e. The lowest BCUT2D eigenvalue weighted by molar-refractivity contribution is 0.592. The summed E-state index contributed by atoms with van der Waals surface area (Å²) in [6, 6.07) is 0.592. The number of nitrogens with one attached hydrogen (secondary N) is 2. The van der Waals surface area contributed by atoms with Gasteiger partial charge in [-0.3, -0.25) is 0 Å². The van der Waals surface area contributed by atoms with E-state index in [1.807, 2.05) is 6.92 Å². The molecule has 2 N–H and O–H groups in total. The molecular formula is C8H16N2S. The van der Waals surface area contributed by atoms with Crippen LogP contribution in [0.15, 0.2) is 0 Å². The Balaban J connectivity index is 2.18. The predicted molar refractivity (Wildman–Crippen MR) is 51.6 cm³/mol. The second kappa shape index (κ2) is 2.97. The zero-order chi connectivity index (χ0) is 8.48. The molecule has 0 aromatic rings. The molecule has 0 aromatic carbocycles. The number of hydrogen-bond donors (Lipinski definition) is 2. The van der Waals surface area contributed by atoms with Crippen molar-refractivity contribution in [2.24, 2.45) is 5.41 Å². The van der Waals surface area contributed by atoms with Crippen molar-refractivity contribution in [1.82, 2.24) is 10.6 Å². The summed E-state index contributed by atoms with van der Waals surface area (Å²) in [5.74, 6) is 0. The van der Waals surface area contributed by atoms with Crippen LogP contribution in [0.2, 0.25) is 0 Å². The van der Waals surface area contributed by atoms with Crippen LogP contribution < -0.4 is 10.6 Å². The van der Waals surface area contributed by atoms with E-state index in [9.17, 15) is 0 Å². The highest BCUT2D eigenvalue weighted by Gasteiger charge is 2.45. The van der Waals surface area contributed by atoms with E-state index < -0.39 is 0 Å². The van der Waals surface area contributed by atoms with Crippen LogP contribution in [0.25, 0.3) is 0 Å². The molecule has 0 bridgehead atoms. The summed E-state index contributed by atoms with van der Waals surface area (Å²) in [5, 5.41) is 7.13. The van der Waals surface area contributed by atoms with Gasteiger partial charge in [0.25, 0.3) is 0 Å². The van der Waals surface area contributed by atoms with Gasteiger partial charge in [0.2, 0.25) is 0 Å². The van der Waals surface area contributed by atoms with E-state index in [1.54, 1.807) is 0 Å². The molecule has 0 heterocycles. The summed E-state index contributed by atoms with van der Waals surface area (Å²) >= 11 is 5.05. The van der Waals surface area contributed by atoms with Gasteiger partial charge in [-0.2, -0.15) is 0 Å². The predicted octanol–water partition coefficient (Wildman–Crippen LogP) is 1.27. The third kappa shape index (κ3) is 2.33. The fraction of sp³-hybridized carbons (Fsp3) is 0.875. The van der Waals surface area contributed by atoms with Crippen molar-refractivity contribution in [1.29, 1.82) is 0 Å². The molecule has 0 spiro atoms.